The molecule has 1 aromatic rings. The first-order valence-corrected chi connectivity index (χ1v) is 5.05. The normalized spacial score (nSPS) is 12.6. The van der Waals surface area contributed by atoms with Gasteiger partial charge in [0.15, 0.2) is 0 Å². The van der Waals surface area contributed by atoms with Gasteiger partial charge in [0.2, 0.25) is 0 Å². The Labute approximate surface area is 90.5 Å². The molecule has 0 spiro atoms. The number of carbonyl (C=O) groups is 1. The maximum atomic E-state index is 13.1. The Morgan fingerprint density at radius 3 is 2.62 bits per heavy atom. The fourth-order valence-electron chi connectivity index (χ4n) is 1.02. The summed E-state index contributed by atoms with van der Waals surface area (Å²) in [6, 6.07) is 4.90. The van der Waals surface area contributed by atoms with E-state index in [-0.39, 0.29) is 17.5 Å². The third-order valence-electron chi connectivity index (χ3n) is 2.05. The van der Waals surface area contributed by atoms with Gasteiger partial charge in [-0.05, 0) is 47.2 Å². The number of hydrogen-bond acceptors (Lipinski definition) is 1. The van der Waals surface area contributed by atoms with Crippen molar-refractivity contribution in [2.45, 2.75) is 19.8 Å². The Morgan fingerprint density at radius 1 is 1.54 bits per heavy atom. The molecular formula is C10H10FIO. The van der Waals surface area contributed by atoms with Gasteiger partial charge in [-0.3, -0.25) is 4.79 Å². The van der Waals surface area contributed by atoms with Gasteiger partial charge in [-0.2, -0.15) is 0 Å². The number of rotatable bonds is 2. The Balaban J connectivity index is 3.03. The number of benzene rings is 1. The van der Waals surface area contributed by atoms with Gasteiger partial charge in [0, 0.05) is 9.49 Å². The van der Waals surface area contributed by atoms with Crippen LogP contribution in [0.15, 0.2) is 18.2 Å². The molecule has 0 saturated carbocycles. The molecule has 0 fully saturated rings. The minimum atomic E-state index is -0.258. The highest BCUT2D eigenvalue weighted by atomic mass is 127. The quantitative estimate of drug-likeness (QED) is 0.765. The standard InChI is InChI=1S/C10H10FIO/c1-6(7(2)13)8-3-4-10(12)9(11)5-8/h3-6H,1-2H3. The van der Waals surface area contributed by atoms with Gasteiger partial charge in [0.1, 0.15) is 11.6 Å². The zero-order valence-electron chi connectivity index (χ0n) is 7.47. The molecule has 0 aliphatic carbocycles. The highest BCUT2D eigenvalue weighted by Crippen LogP contribution is 2.20. The maximum absolute atomic E-state index is 13.1. The van der Waals surface area contributed by atoms with E-state index in [1.807, 2.05) is 22.6 Å². The van der Waals surface area contributed by atoms with Crippen molar-refractivity contribution >= 4 is 28.4 Å². The fourth-order valence-corrected chi connectivity index (χ4v) is 1.35. The number of carbonyl (C=O) groups excluding carboxylic acids is 1. The van der Waals surface area contributed by atoms with Crippen LogP contribution < -0.4 is 0 Å². The summed E-state index contributed by atoms with van der Waals surface area (Å²) in [6.07, 6.45) is 0. The Morgan fingerprint density at radius 2 is 2.15 bits per heavy atom. The largest absolute Gasteiger partial charge is 0.299 e. The second-order valence-corrected chi connectivity index (χ2v) is 4.17. The summed E-state index contributed by atoms with van der Waals surface area (Å²) in [6.45, 7) is 3.30. The van der Waals surface area contributed by atoms with E-state index in [9.17, 15) is 9.18 Å². The molecule has 0 aliphatic rings. The van der Waals surface area contributed by atoms with Gasteiger partial charge >= 0.3 is 0 Å². The molecule has 1 unspecified atom stereocenters. The zero-order valence-corrected chi connectivity index (χ0v) is 9.63. The van der Waals surface area contributed by atoms with E-state index in [4.69, 9.17) is 0 Å². The average Bonchev–Trinajstić information content (AvgIpc) is 2.08. The minimum Gasteiger partial charge on any atom is -0.299 e. The zero-order chi connectivity index (χ0) is 10.0. The molecule has 70 valence electrons. The lowest BCUT2D eigenvalue weighted by atomic mass is 9.98. The SMILES string of the molecule is CC(=O)C(C)c1ccc(I)c(F)c1. The van der Waals surface area contributed by atoms with E-state index in [0.29, 0.717) is 3.57 Å². The molecule has 0 N–H and O–H groups in total. The van der Waals surface area contributed by atoms with Gasteiger partial charge in [-0.1, -0.05) is 13.0 Å². The Kier molecular flexibility index (Phi) is 3.41. The van der Waals surface area contributed by atoms with Gasteiger partial charge in [-0.25, -0.2) is 4.39 Å². The summed E-state index contributed by atoms with van der Waals surface area (Å²) in [5.74, 6) is -0.418. The number of ketones is 1. The van der Waals surface area contributed by atoms with Crippen LogP contribution in [0.4, 0.5) is 4.39 Å². The fraction of sp³-hybridized carbons (Fsp3) is 0.300. The molecule has 1 nitrogen and oxygen atoms in total. The topological polar surface area (TPSA) is 17.1 Å². The summed E-state index contributed by atoms with van der Waals surface area (Å²) in [4.78, 5) is 11.0. The summed E-state index contributed by atoms with van der Waals surface area (Å²) >= 11 is 1.92. The lowest BCUT2D eigenvalue weighted by Gasteiger charge is -2.07. The van der Waals surface area contributed by atoms with Crippen LogP contribution in [0.5, 0.6) is 0 Å². The highest BCUT2D eigenvalue weighted by molar-refractivity contribution is 14.1. The summed E-state index contributed by atoms with van der Waals surface area (Å²) < 4.78 is 13.7. The first-order chi connectivity index (χ1) is 6.02. The Hall–Kier alpha value is -0.450. The van der Waals surface area contributed by atoms with Gasteiger partial charge in [0.05, 0.1) is 0 Å². The lowest BCUT2D eigenvalue weighted by molar-refractivity contribution is -0.118. The van der Waals surface area contributed by atoms with Crippen molar-refractivity contribution < 1.29 is 9.18 Å². The molecule has 0 amide bonds. The average molecular weight is 292 g/mol. The highest BCUT2D eigenvalue weighted by Gasteiger charge is 2.11. The van der Waals surface area contributed by atoms with E-state index in [0.717, 1.165) is 5.56 Å². The molecule has 0 bridgehead atoms. The monoisotopic (exact) mass is 292 g/mol. The third-order valence-corrected chi connectivity index (χ3v) is 2.93. The van der Waals surface area contributed by atoms with Crippen LogP contribution in [0.25, 0.3) is 0 Å². The van der Waals surface area contributed by atoms with E-state index in [1.54, 1.807) is 19.1 Å². The van der Waals surface area contributed by atoms with Crippen molar-refractivity contribution in [3.8, 4) is 0 Å². The van der Waals surface area contributed by atoms with Crippen LogP contribution in [0.3, 0.4) is 0 Å². The van der Waals surface area contributed by atoms with Gasteiger partial charge in [0.25, 0.3) is 0 Å². The van der Waals surface area contributed by atoms with Crippen LogP contribution >= 0.6 is 22.6 Å². The van der Waals surface area contributed by atoms with Crippen molar-refractivity contribution in [2.75, 3.05) is 0 Å². The van der Waals surface area contributed by atoms with E-state index in [1.165, 1.54) is 13.0 Å². The Bertz CT molecular complexity index is 336. The number of Topliss-reactive ketones (excluding diaryl/α,β-unsaturated/α-hetero) is 1. The van der Waals surface area contributed by atoms with Gasteiger partial charge < -0.3 is 0 Å². The molecule has 0 aliphatic heterocycles. The molecule has 13 heavy (non-hydrogen) atoms. The molecule has 0 saturated heterocycles. The van der Waals surface area contributed by atoms with Crippen molar-refractivity contribution in [1.29, 1.82) is 0 Å². The van der Waals surface area contributed by atoms with Crippen LogP contribution in [0.1, 0.15) is 25.3 Å². The lowest BCUT2D eigenvalue weighted by Crippen LogP contribution is -2.04. The van der Waals surface area contributed by atoms with Crippen molar-refractivity contribution in [1.82, 2.24) is 0 Å². The second-order valence-electron chi connectivity index (χ2n) is 3.01. The molecule has 0 radical (unpaired) electrons. The van der Waals surface area contributed by atoms with Crippen molar-refractivity contribution in [2.24, 2.45) is 0 Å². The first kappa shape index (κ1) is 10.6. The van der Waals surface area contributed by atoms with Crippen LogP contribution in [-0.2, 0) is 4.79 Å². The maximum Gasteiger partial charge on any atom is 0.136 e. The van der Waals surface area contributed by atoms with Crippen LogP contribution in [-0.4, -0.2) is 5.78 Å². The smallest absolute Gasteiger partial charge is 0.136 e. The van der Waals surface area contributed by atoms with E-state index in [2.05, 4.69) is 0 Å². The van der Waals surface area contributed by atoms with Crippen LogP contribution in [0.2, 0.25) is 0 Å². The van der Waals surface area contributed by atoms with Crippen molar-refractivity contribution in [3.05, 3.63) is 33.1 Å². The predicted octanol–water partition coefficient (Wildman–Crippen LogP) is 3.12. The molecule has 1 rings (SSSR count). The summed E-state index contributed by atoms with van der Waals surface area (Å²) in [7, 11) is 0. The molecule has 0 aromatic heterocycles. The molecular weight excluding hydrogens is 282 g/mol. The van der Waals surface area contributed by atoms with Crippen molar-refractivity contribution in [3.63, 3.8) is 0 Å². The number of hydrogen-bond donors (Lipinski definition) is 0. The van der Waals surface area contributed by atoms with Gasteiger partial charge in [-0.15, -0.1) is 0 Å². The molecule has 0 heterocycles. The number of halogens is 2. The third kappa shape index (κ3) is 2.49. The molecule has 1 atom stereocenters. The first-order valence-electron chi connectivity index (χ1n) is 3.97. The second kappa shape index (κ2) is 4.17. The molecule has 1 aromatic carbocycles. The summed E-state index contributed by atoms with van der Waals surface area (Å²) in [5.41, 5.74) is 0.741. The van der Waals surface area contributed by atoms with E-state index < -0.39 is 0 Å². The minimum absolute atomic E-state index is 0.0561. The molecule has 3 heteroatoms. The predicted molar refractivity (Wildman–Crippen MR) is 58.2 cm³/mol. The van der Waals surface area contributed by atoms with Crippen LogP contribution in [0, 0.1) is 9.39 Å². The van der Waals surface area contributed by atoms with E-state index >= 15 is 0 Å². The summed E-state index contributed by atoms with van der Waals surface area (Å²) in [5, 5.41) is 0.